The van der Waals surface area contributed by atoms with Crippen LogP contribution in [0.5, 0.6) is 17.2 Å². The van der Waals surface area contributed by atoms with E-state index in [-0.39, 0.29) is 24.2 Å². The zero-order chi connectivity index (χ0) is 19.4. The molecule has 27 heavy (non-hydrogen) atoms. The molecule has 0 spiro atoms. The number of carbonyl (C=O) groups excluding carboxylic acids is 1. The van der Waals surface area contributed by atoms with E-state index in [1.807, 2.05) is 26.0 Å². The number of fused-ring (bicyclic) bond motifs is 1. The second-order valence-corrected chi connectivity index (χ2v) is 6.56. The molecule has 3 rings (SSSR count). The Labute approximate surface area is 158 Å². The van der Waals surface area contributed by atoms with Gasteiger partial charge < -0.3 is 19.5 Å². The molecule has 2 aromatic rings. The van der Waals surface area contributed by atoms with Crippen molar-refractivity contribution < 1.29 is 23.4 Å². The van der Waals surface area contributed by atoms with Crippen molar-refractivity contribution in [3.05, 3.63) is 52.8 Å². The Balaban J connectivity index is 1.66. The van der Waals surface area contributed by atoms with Crippen LogP contribution in [0.1, 0.15) is 30.5 Å². The third-order valence-electron chi connectivity index (χ3n) is 4.44. The molecule has 1 amide bonds. The predicted octanol–water partition coefficient (Wildman–Crippen LogP) is 3.42. The quantitative estimate of drug-likeness (QED) is 0.808. The first-order valence-corrected chi connectivity index (χ1v) is 9.04. The first-order chi connectivity index (χ1) is 13.0. The number of ether oxygens (including phenoxy) is 3. The first kappa shape index (κ1) is 19.0. The van der Waals surface area contributed by atoms with E-state index >= 15 is 0 Å². The second kappa shape index (κ2) is 8.29. The number of halogens is 1. The van der Waals surface area contributed by atoms with Crippen molar-refractivity contribution in [2.24, 2.45) is 0 Å². The van der Waals surface area contributed by atoms with Gasteiger partial charge in [0, 0.05) is 24.1 Å². The maximum atomic E-state index is 13.8. The van der Waals surface area contributed by atoms with Crippen LogP contribution in [0.15, 0.2) is 30.3 Å². The summed E-state index contributed by atoms with van der Waals surface area (Å²) in [5.74, 6) is 1.08. The molecule has 2 aromatic carbocycles. The van der Waals surface area contributed by atoms with Crippen LogP contribution in [-0.2, 0) is 24.2 Å². The van der Waals surface area contributed by atoms with Crippen LogP contribution in [0.4, 0.5) is 4.39 Å². The highest BCUT2D eigenvalue weighted by atomic mass is 19.1. The third-order valence-corrected chi connectivity index (χ3v) is 4.44. The van der Waals surface area contributed by atoms with Crippen LogP contribution in [0.3, 0.4) is 0 Å². The maximum Gasteiger partial charge on any atom is 0.224 e. The zero-order valence-electron chi connectivity index (χ0n) is 15.8. The normalized spacial score (nSPS) is 15.0. The summed E-state index contributed by atoms with van der Waals surface area (Å²) in [7, 11) is 1.40. The van der Waals surface area contributed by atoms with Crippen molar-refractivity contribution in [3.8, 4) is 17.2 Å². The highest BCUT2D eigenvalue weighted by molar-refractivity contribution is 5.78. The molecule has 0 bridgehead atoms. The van der Waals surface area contributed by atoms with Gasteiger partial charge in [0.15, 0.2) is 11.6 Å². The number of hydrogen-bond donors (Lipinski definition) is 1. The molecule has 0 saturated carbocycles. The molecular weight excluding hydrogens is 349 g/mol. The number of carbonyl (C=O) groups is 1. The Kier molecular flexibility index (Phi) is 5.84. The molecule has 144 valence electrons. The van der Waals surface area contributed by atoms with Crippen LogP contribution in [0.25, 0.3) is 0 Å². The van der Waals surface area contributed by atoms with Gasteiger partial charge in [-0.2, -0.15) is 0 Å². The van der Waals surface area contributed by atoms with Crippen molar-refractivity contribution in [1.82, 2.24) is 5.32 Å². The van der Waals surface area contributed by atoms with E-state index in [0.717, 1.165) is 29.0 Å². The minimum atomic E-state index is -0.480. The second-order valence-electron chi connectivity index (χ2n) is 6.56. The number of amides is 1. The molecule has 1 heterocycles. The molecule has 1 N–H and O–H groups in total. The Morgan fingerprint density at radius 1 is 1.30 bits per heavy atom. The zero-order valence-corrected chi connectivity index (χ0v) is 15.8. The van der Waals surface area contributed by atoms with Gasteiger partial charge in [-0.15, -0.1) is 0 Å². The van der Waals surface area contributed by atoms with Crippen LogP contribution in [0, 0.1) is 5.82 Å². The number of nitrogens with one attached hydrogen (secondary N) is 1. The van der Waals surface area contributed by atoms with Crippen molar-refractivity contribution in [3.63, 3.8) is 0 Å². The summed E-state index contributed by atoms with van der Waals surface area (Å²) in [6.45, 7) is 4.81. The lowest BCUT2D eigenvalue weighted by atomic mass is 10.1. The van der Waals surface area contributed by atoms with Gasteiger partial charge in [0.1, 0.15) is 17.6 Å². The summed E-state index contributed by atoms with van der Waals surface area (Å²) in [5.41, 5.74) is 2.57. The molecule has 5 nitrogen and oxygen atoms in total. The van der Waals surface area contributed by atoms with E-state index in [0.29, 0.717) is 18.7 Å². The van der Waals surface area contributed by atoms with Gasteiger partial charge in [-0.1, -0.05) is 6.07 Å². The van der Waals surface area contributed by atoms with E-state index < -0.39 is 5.82 Å². The molecule has 0 radical (unpaired) electrons. The van der Waals surface area contributed by atoms with Gasteiger partial charge in [0.25, 0.3) is 0 Å². The van der Waals surface area contributed by atoms with Gasteiger partial charge in [0.05, 0.1) is 20.1 Å². The van der Waals surface area contributed by atoms with E-state index in [1.54, 1.807) is 6.07 Å². The highest BCUT2D eigenvalue weighted by Gasteiger charge is 2.22. The number of rotatable bonds is 7. The lowest BCUT2D eigenvalue weighted by molar-refractivity contribution is -0.120. The Bertz CT molecular complexity index is 837. The minimum absolute atomic E-state index is 0.0867. The topological polar surface area (TPSA) is 56.8 Å². The van der Waals surface area contributed by atoms with Gasteiger partial charge >= 0.3 is 0 Å². The fraction of sp³-hybridized carbons (Fsp3) is 0.381. The van der Waals surface area contributed by atoms with Gasteiger partial charge in [-0.3, -0.25) is 4.79 Å². The van der Waals surface area contributed by atoms with Gasteiger partial charge in [-0.25, -0.2) is 4.39 Å². The van der Waals surface area contributed by atoms with Crippen LogP contribution in [-0.4, -0.2) is 25.7 Å². The van der Waals surface area contributed by atoms with Crippen molar-refractivity contribution in [2.45, 2.75) is 39.3 Å². The molecule has 0 fully saturated rings. The summed E-state index contributed by atoms with van der Waals surface area (Å²) in [4.78, 5) is 12.3. The molecule has 1 atom stereocenters. The molecule has 0 aromatic heterocycles. The lowest BCUT2D eigenvalue weighted by Gasteiger charge is -2.13. The van der Waals surface area contributed by atoms with Gasteiger partial charge in [0.2, 0.25) is 5.91 Å². The molecule has 6 heteroatoms. The number of methoxy groups -OCH3 is 1. The van der Waals surface area contributed by atoms with E-state index in [2.05, 4.69) is 5.32 Å². The number of benzene rings is 2. The summed E-state index contributed by atoms with van der Waals surface area (Å²) < 4.78 is 30.2. The summed E-state index contributed by atoms with van der Waals surface area (Å²) >= 11 is 0. The van der Waals surface area contributed by atoms with Crippen molar-refractivity contribution in [1.29, 1.82) is 0 Å². The SMILES string of the molecule is CCOc1cc2c(cc1CNC(=O)Cc1ccc(OC)c(F)c1)O[C@H](C)C2. The highest BCUT2D eigenvalue weighted by Crippen LogP contribution is 2.35. The van der Waals surface area contributed by atoms with E-state index in [9.17, 15) is 9.18 Å². The maximum absolute atomic E-state index is 13.8. The molecule has 1 aliphatic rings. The third kappa shape index (κ3) is 4.51. The summed E-state index contributed by atoms with van der Waals surface area (Å²) in [6, 6.07) is 8.43. The van der Waals surface area contributed by atoms with Crippen LogP contribution >= 0.6 is 0 Å². The fourth-order valence-corrected chi connectivity index (χ4v) is 3.17. The molecule has 0 saturated heterocycles. The Morgan fingerprint density at radius 3 is 2.81 bits per heavy atom. The van der Waals surface area contributed by atoms with Crippen LogP contribution in [0.2, 0.25) is 0 Å². The smallest absolute Gasteiger partial charge is 0.224 e. The predicted molar refractivity (Wildman–Crippen MR) is 99.9 cm³/mol. The monoisotopic (exact) mass is 373 g/mol. The van der Waals surface area contributed by atoms with Crippen molar-refractivity contribution >= 4 is 5.91 Å². The summed E-state index contributed by atoms with van der Waals surface area (Å²) in [6.07, 6.45) is 1.08. The van der Waals surface area contributed by atoms with Crippen molar-refractivity contribution in [2.75, 3.05) is 13.7 Å². The largest absolute Gasteiger partial charge is 0.494 e. The molecule has 1 aliphatic heterocycles. The van der Waals surface area contributed by atoms with E-state index in [1.165, 1.54) is 19.2 Å². The molecule has 0 unspecified atom stereocenters. The average Bonchev–Trinajstić information content (AvgIpc) is 2.99. The summed E-state index contributed by atoms with van der Waals surface area (Å²) in [5, 5.41) is 2.87. The minimum Gasteiger partial charge on any atom is -0.494 e. The fourth-order valence-electron chi connectivity index (χ4n) is 3.17. The molecule has 0 aliphatic carbocycles. The van der Waals surface area contributed by atoms with Gasteiger partial charge in [-0.05, 0) is 43.7 Å². The number of hydrogen-bond acceptors (Lipinski definition) is 4. The van der Waals surface area contributed by atoms with E-state index in [4.69, 9.17) is 14.2 Å². The average molecular weight is 373 g/mol. The standard InChI is InChI=1S/C21H24FNO4/c1-4-26-19-10-15-7-13(2)27-20(15)11-16(19)12-23-21(24)9-14-5-6-18(25-3)17(22)8-14/h5-6,8,10-11,13H,4,7,9,12H2,1-3H3,(H,23,24)/t13-/m1/s1. The Morgan fingerprint density at radius 2 is 2.11 bits per heavy atom. The lowest BCUT2D eigenvalue weighted by Crippen LogP contribution is -2.25. The van der Waals surface area contributed by atoms with Crippen LogP contribution < -0.4 is 19.5 Å². The first-order valence-electron chi connectivity index (χ1n) is 9.04. The molecular formula is C21H24FNO4. The Hall–Kier alpha value is -2.76.